The van der Waals surface area contributed by atoms with E-state index in [1.165, 1.54) is 0 Å². The molecule has 1 unspecified atom stereocenters. The second kappa shape index (κ2) is 9.05. The lowest BCUT2D eigenvalue weighted by Gasteiger charge is -2.18. The van der Waals surface area contributed by atoms with Crippen LogP contribution in [-0.4, -0.2) is 59.8 Å². The van der Waals surface area contributed by atoms with Crippen LogP contribution in [0.5, 0.6) is 5.75 Å². The monoisotopic (exact) mass is 452 g/mol. The van der Waals surface area contributed by atoms with Crippen LogP contribution in [0, 0.1) is 0 Å². The first-order valence-electron chi connectivity index (χ1n) is 10.4. The fraction of sp³-hybridized carbons (Fsp3) is 0.318. The third kappa shape index (κ3) is 4.35. The van der Waals surface area contributed by atoms with Crippen LogP contribution in [0.2, 0.25) is 0 Å². The van der Waals surface area contributed by atoms with Crippen molar-refractivity contribution < 1.29 is 5.11 Å². The molecule has 1 fully saturated rings. The Morgan fingerprint density at radius 2 is 1.97 bits per heavy atom. The molecule has 166 valence electrons. The Bertz CT molecular complexity index is 1210. The Morgan fingerprint density at radius 1 is 1.09 bits per heavy atom. The lowest BCUT2D eigenvalue weighted by atomic mass is 10.1. The summed E-state index contributed by atoms with van der Waals surface area (Å²) in [6.07, 6.45) is 9.89. The van der Waals surface area contributed by atoms with Crippen molar-refractivity contribution in [2.75, 3.05) is 18.0 Å². The van der Waals surface area contributed by atoms with E-state index in [1.807, 2.05) is 28.9 Å². The minimum absolute atomic E-state index is 0. The predicted molar refractivity (Wildman–Crippen MR) is 125 cm³/mol. The molecule has 0 saturated carbocycles. The van der Waals surface area contributed by atoms with Crippen LogP contribution in [0.15, 0.2) is 49.2 Å². The van der Waals surface area contributed by atoms with E-state index in [-0.39, 0.29) is 18.2 Å². The maximum atomic E-state index is 10.6. The summed E-state index contributed by atoms with van der Waals surface area (Å²) in [6.45, 7) is 6.08. The molecule has 1 aliphatic rings. The maximum Gasteiger partial charge on any atom is 0.245 e. The average Bonchev–Trinajstić information content (AvgIpc) is 3.42. The van der Waals surface area contributed by atoms with Gasteiger partial charge in [-0.2, -0.15) is 0 Å². The lowest BCUT2D eigenvalue weighted by Crippen LogP contribution is -2.37. The first-order chi connectivity index (χ1) is 15.1. The van der Waals surface area contributed by atoms with Gasteiger partial charge in [-0.3, -0.25) is 4.98 Å². The van der Waals surface area contributed by atoms with Crippen molar-refractivity contribution in [3.63, 3.8) is 0 Å². The van der Waals surface area contributed by atoms with Crippen LogP contribution in [0.3, 0.4) is 0 Å². The van der Waals surface area contributed by atoms with Crippen LogP contribution < -0.4 is 10.2 Å². The Labute approximate surface area is 192 Å². The van der Waals surface area contributed by atoms with Gasteiger partial charge in [0.25, 0.3) is 0 Å². The number of nitrogens with zero attached hydrogens (tertiary/aromatic N) is 7. The molecule has 3 aromatic heterocycles. The van der Waals surface area contributed by atoms with Crippen LogP contribution in [0.4, 0.5) is 5.95 Å². The lowest BCUT2D eigenvalue weighted by molar-refractivity contribution is 0.477. The highest BCUT2D eigenvalue weighted by Gasteiger charge is 2.25. The van der Waals surface area contributed by atoms with E-state index in [0.717, 1.165) is 36.4 Å². The number of phenols is 1. The quantitative estimate of drug-likeness (QED) is 0.476. The molecule has 1 atom stereocenters. The molecule has 1 saturated heterocycles. The van der Waals surface area contributed by atoms with Crippen LogP contribution in [0.25, 0.3) is 28.2 Å². The molecule has 1 aromatic carbocycles. The van der Waals surface area contributed by atoms with Crippen molar-refractivity contribution in [1.29, 1.82) is 0 Å². The fourth-order valence-electron chi connectivity index (χ4n) is 3.97. The van der Waals surface area contributed by atoms with E-state index < -0.39 is 0 Å². The largest absolute Gasteiger partial charge is 0.507 e. The number of nitrogens with one attached hydrogen (secondary N) is 1. The van der Waals surface area contributed by atoms with E-state index in [0.29, 0.717) is 29.3 Å². The molecule has 4 aromatic rings. The van der Waals surface area contributed by atoms with Crippen molar-refractivity contribution in [2.45, 2.75) is 32.4 Å². The van der Waals surface area contributed by atoms with Gasteiger partial charge in [-0.1, -0.05) is 19.9 Å². The van der Waals surface area contributed by atoms with Gasteiger partial charge >= 0.3 is 0 Å². The molecule has 0 spiro atoms. The third-order valence-electron chi connectivity index (χ3n) is 5.44. The Balaban J connectivity index is 0.00000245. The normalized spacial score (nSPS) is 16.0. The number of anilines is 1. The topological polar surface area (TPSA) is 104 Å². The van der Waals surface area contributed by atoms with Gasteiger partial charge in [0.15, 0.2) is 5.65 Å². The Morgan fingerprint density at radius 3 is 2.72 bits per heavy atom. The fourth-order valence-corrected chi connectivity index (χ4v) is 3.97. The summed E-state index contributed by atoms with van der Waals surface area (Å²) in [5.41, 5.74) is 3.43. The number of halogens is 1. The molecule has 9 nitrogen and oxygen atoms in total. The number of imidazole rings is 1. The van der Waals surface area contributed by atoms with E-state index >= 15 is 0 Å². The van der Waals surface area contributed by atoms with Gasteiger partial charge in [0.05, 0.1) is 18.1 Å². The smallest absolute Gasteiger partial charge is 0.245 e. The van der Waals surface area contributed by atoms with Crippen LogP contribution in [-0.2, 0) is 0 Å². The van der Waals surface area contributed by atoms with Gasteiger partial charge in [-0.15, -0.1) is 22.6 Å². The van der Waals surface area contributed by atoms with Gasteiger partial charge in [-0.05, 0) is 18.6 Å². The summed E-state index contributed by atoms with van der Waals surface area (Å²) in [7, 11) is 0. The molecular weight excluding hydrogens is 428 g/mol. The van der Waals surface area contributed by atoms with E-state index in [1.54, 1.807) is 24.7 Å². The van der Waals surface area contributed by atoms with Crippen molar-refractivity contribution in [3.05, 3.63) is 49.2 Å². The average molecular weight is 453 g/mol. The Hall–Kier alpha value is -3.30. The molecule has 0 aliphatic carbocycles. The van der Waals surface area contributed by atoms with Crippen molar-refractivity contribution >= 4 is 24.0 Å². The summed E-state index contributed by atoms with van der Waals surface area (Å²) in [4.78, 5) is 15.3. The van der Waals surface area contributed by atoms with Crippen LogP contribution in [0.1, 0.15) is 20.3 Å². The first-order valence-corrected chi connectivity index (χ1v) is 10.4. The van der Waals surface area contributed by atoms with E-state index in [9.17, 15) is 5.11 Å². The van der Waals surface area contributed by atoms with Gasteiger partial charge in [0.1, 0.15) is 11.4 Å². The SMILES string of the molecule is CC(C)NC1CCN(c2ncc(-c3ccc(-c4cn5ccnc5cn4)cc3O)nn2)C1.Cl. The Kier molecular flexibility index (Phi) is 6.20. The number of rotatable bonds is 5. The molecular formula is C22H25ClN8O. The second-order valence-corrected chi connectivity index (χ2v) is 8.09. The number of benzene rings is 1. The van der Waals surface area contributed by atoms with E-state index in [2.05, 4.69) is 49.2 Å². The van der Waals surface area contributed by atoms with Crippen molar-refractivity contribution in [3.8, 4) is 28.3 Å². The van der Waals surface area contributed by atoms with Gasteiger partial charge in [-0.25, -0.2) is 9.97 Å². The summed E-state index contributed by atoms with van der Waals surface area (Å²) >= 11 is 0. The van der Waals surface area contributed by atoms with Gasteiger partial charge < -0.3 is 19.7 Å². The third-order valence-corrected chi connectivity index (χ3v) is 5.44. The summed E-state index contributed by atoms with van der Waals surface area (Å²) < 4.78 is 1.89. The number of aromatic hydroxyl groups is 1. The molecule has 0 amide bonds. The molecule has 5 rings (SSSR count). The zero-order valence-corrected chi connectivity index (χ0v) is 18.7. The predicted octanol–water partition coefficient (Wildman–Crippen LogP) is 2.95. The highest BCUT2D eigenvalue weighted by atomic mass is 35.5. The zero-order valence-electron chi connectivity index (χ0n) is 17.9. The number of phenolic OH excluding ortho intramolecular Hbond substituents is 1. The highest BCUT2D eigenvalue weighted by Crippen LogP contribution is 2.31. The molecule has 32 heavy (non-hydrogen) atoms. The van der Waals surface area contributed by atoms with Gasteiger partial charge in [0.2, 0.25) is 5.95 Å². The summed E-state index contributed by atoms with van der Waals surface area (Å²) in [5, 5.41) is 22.8. The number of hydrogen-bond acceptors (Lipinski definition) is 8. The van der Waals surface area contributed by atoms with Gasteiger partial charge in [0, 0.05) is 54.9 Å². The molecule has 10 heteroatoms. The van der Waals surface area contributed by atoms with Crippen LogP contribution >= 0.6 is 12.4 Å². The molecule has 2 N–H and O–H groups in total. The second-order valence-electron chi connectivity index (χ2n) is 8.09. The first kappa shape index (κ1) is 21.9. The van der Waals surface area contributed by atoms with Crippen molar-refractivity contribution in [1.82, 2.24) is 34.9 Å². The molecule has 0 bridgehead atoms. The summed E-state index contributed by atoms with van der Waals surface area (Å²) in [6, 6.07) is 6.29. The number of hydrogen-bond donors (Lipinski definition) is 2. The highest BCUT2D eigenvalue weighted by molar-refractivity contribution is 5.85. The zero-order chi connectivity index (χ0) is 21.4. The van der Waals surface area contributed by atoms with Crippen molar-refractivity contribution in [2.24, 2.45) is 0 Å². The molecule has 4 heterocycles. The number of fused-ring (bicyclic) bond motifs is 1. The maximum absolute atomic E-state index is 10.6. The summed E-state index contributed by atoms with van der Waals surface area (Å²) in [5.74, 6) is 0.724. The standard InChI is InChI=1S/C22H24N8O.ClH/c1-14(2)26-16-5-7-30(12-16)22-25-10-18(27-28-22)17-4-3-15(9-20(17)31)19-13-29-8-6-23-21(29)11-24-19;/h3-4,6,8-11,13-14,16,26,31H,5,7,12H2,1-2H3;1H. The van der Waals surface area contributed by atoms with E-state index in [4.69, 9.17) is 0 Å². The number of aromatic nitrogens is 6. The molecule has 0 radical (unpaired) electrons. The minimum Gasteiger partial charge on any atom is -0.507 e. The molecule has 1 aliphatic heterocycles. The minimum atomic E-state index is 0.